The van der Waals surface area contributed by atoms with Crippen LogP contribution in [-0.2, 0) is 19.1 Å². The average molecular weight is 218 g/mol. The van der Waals surface area contributed by atoms with E-state index in [2.05, 4.69) is 9.47 Å². The van der Waals surface area contributed by atoms with Gasteiger partial charge in [0.1, 0.15) is 0 Å². The molecule has 84 valence electrons. The molecule has 2 N–H and O–H groups in total. The van der Waals surface area contributed by atoms with Gasteiger partial charge in [0.2, 0.25) is 5.70 Å². The molecule has 0 rings (SSSR count). The predicted molar refractivity (Wildman–Crippen MR) is 46.9 cm³/mol. The SMILES string of the molecule is CCOC(=O)/C(N)=C(/C(=O)OC)[N+](=O)[O-]. The Kier molecular flexibility index (Phi) is 4.79. The zero-order valence-electron chi connectivity index (χ0n) is 8.18. The standard InChI is InChI=1S/C7H10N2O6/c1-3-15-6(10)4(8)5(9(12)13)7(11)14-2/h3,8H2,1-2H3/b5-4+. The van der Waals surface area contributed by atoms with E-state index in [1.807, 2.05) is 0 Å². The summed E-state index contributed by atoms with van der Waals surface area (Å²) >= 11 is 0. The molecular formula is C7H10N2O6. The fraction of sp³-hybridized carbons (Fsp3) is 0.429. The number of hydrogen-bond donors (Lipinski definition) is 1. The molecule has 0 aliphatic rings. The van der Waals surface area contributed by atoms with Crippen LogP contribution in [0.25, 0.3) is 0 Å². The van der Waals surface area contributed by atoms with Crippen molar-refractivity contribution in [2.24, 2.45) is 5.73 Å². The van der Waals surface area contributed by atoms with Crippen LogP contribution in [0.4, 0.5) is 0 Å². The number of carbonyl (C=O) groups is 2. The second kappa shape index (κ2) is 5.58. The summed E-state index contributed by atoms with van der Waals surface area (Å²) in [5.41, 5.74) is 3.08. The Morgan fingerprint density at radius 1 is 1.40 bits per heavy atom. The number of carbonyl (C=O) groups excluding carboxylic acids is 2. The maximum absolute atomic E-state index is 11.0. The molecule has 0 radical (unpaired) electrons. The number of rotatable bonds is 4. The lowest BCUT2D eigenvalue weighted by atomic mass is 10.3. The number of hydrogen-bond acceptors (Lipinski definition) is 7. The summed E-state index contributed by atoms with van der Waals surface area (Å²) in [6, 6.07) is 0. The first-order valence-corrected chi connectivity index (χ1v) is 3.85. The highest BCUT2D eigenvalue weighted by Crippen LogP contribution is 2.04. The second-order valence-electron chi connectivity index (χ2n) is 2.23. The molecule has 0 aliphatic carbocycles. The van der Waals surface area contributed by atoms with Gasteiger partial charge >= 0.3 is 17.6 Å². The van der Waals surface area contributed by atoms with Gasteiger partial charge in [-0.25, -0.2) is 9.59 Å². The van der Waals surface area contributed by atoms with Crippen molar-refractivity contribution in [2.45, 2.75) is 6.92 Å². The van der Waals surface area contributed by atoms with Gasteiger partial charge < -0.3 is 15.2 Å². The lowest BCUT2D eigenvalue weighted by Gasteiger charge is -2.02. The van der Waals surface area contributed by atoms with Crippen LogP contribution in [0.2, 0.25) is 0 Å². The van der Waals surface area contributed by atoms with Gasteiger partial charge in [-0.2, -0.15) is 0 Å². The minimum absolute atomic E-state index is 0.00823. The van der Waals surface area contributed by atoms with E-state index in [1.165, 1.54) is 6.92 Å². The predicted octanol–water partition coefficient (Wildman–Crippen LogP) is -0.830. The van der Waals surface area contributed by atoms with Crippen LogP contribution in [0.5, 0.6) is 0 Å². The summed E-state index contributed by atoms with van der Waals surface area (Å²) in [6.07, 6.45) is 0. The number of nitrogens with two attached hydrogens (primary N) is 1. The largest absolute Gasteiger partial charge is 0.461 e. The molecule has 0 atom stereocenters. The van der Waals surface area contributed by atoms with Crippen molar-refractivity contribution >= 4 is 11.9 Å². The zero-order chi connectivity index (χ0) is 12.0. The molecule has 0 saturated heterocycles. The quantitative estimate of drug-likeness (QED) is 0.283. The number of nitro groups is 1. The van der Waals surface area contributed by atoms with Crippen molar-refractivity contribution < 1.29 is 24.0 Å². The van der Waals surface area contributed by atoms with Gasteiger partial charge in [0, 0.05) is 0 Å². The molecule has 0 saturated carbocycles. The topological polar surface area (TPSA) is 122 Å². The minimum Gasteiger partial charge on any atom is -0.461 e. The molecule has 0 aliphatic heterocycles. The van der Waals surface area contributed by atoms with Crippen molar-refractivity contribution in [3.8, 4) is 0 Å². The summed E-state index contributed by atoms with van der Waals surface area (Å²) in [7, 11) is 0.935. The molecule has 8 nitrogen and oxygen atoms in total. The van der Waals surface area contributed by atoms with Crippen LogP contribution in [0.1, 0.15) is 6.92 Å². The van der Waals surface area contributed by atoms with E-state index in [9.17, 15) is 19.7 Å². The third-order valence-corrected chi connectivity index (χ3v) is 1.31. The van der Waals surface area contributed by atoms with Crippen LogP contribution >= 0.6 is 0 Å². The molecule has 0 aromatic rings. The molecule has 15 heavy (non-hydrogen) atoms. The smallest absolute Gasteiger partial charge is 0.412 e. The summed E-state index contributed by atoms with van der Waals surface area (Å²) in [5, 5.41) is 10.4. The number of ether oxygens (including phenoxy) is 2. The average Bonchev–Trinajstić information content (AvgIpc) is 2.17. The maximum Gasteiger partial charge on any atom is 0.412 e. The first kappa shape index (κ1) is 12.9. The van der Waals surface area contributed by atoms with Gasteiger partial charge in [0.25, 0.3) is 0 Å². The number of nitrogens with zero attached hydrogens (tertiary/aromatic N) is 1. The number of esters is 2. The van der Waals surface area contributed by atoms with Crippen molar-refractivity contribution in [2.75, 3.05) is 13.7 Å². The van der Waals surface area contributed by atoms with Crippen LogP contribution in [0.15, 0.2) is 11.4 Å². The Balaban J connectivity index is 5.18. The first-order valence-electron chi connectivity index (χ1n) is 3.85. The van der Waals surface area contributed by atoms with Gasteiger partial charge in [0.15, 0.2) is 0 Å². The fourth-order valence-electron chi connectivity index (χ4n) is 0.685. The Labute approximate surface area is 84.8 Å². The van der Waals surface area contributed by atoms with Crippen molar-refractivity contribution in [3.05, 3.63) is 21.5 Å². The van der Waals surface area contributed by atoms with Gasteiger partial charge in [-0.1, -0.05) is 0 Å². The lowest BCUT2D eigenvalue weighted by Crippen LogP contribution is -2.25. The molecule has 8 heteroatoms. The van der Waals surface area contributed by atoms with Gasteiger partial charge in [0.05, 0.1) is 18.6 Å². The highest BCUT2D eigenvalue weighted by molar-refractivity contribution is 5.97. The maximum atomic E-state index is 11.0. The van der Waals surface area contributed by atoms with Gasteiger partial charge in [-0.05, 0) is 6.92 Å². The summed E-state index contributed by atoms with van der Waals surface area (Å²) in [5.74, 6) is -2.43. The molecule has 0 aromatic heterocycles. The molecule has 0 unspecified atom stereocenters. The highest BCUT2D eigenvalue weighted by atomic mass is 16.6. The van der Waals surface area contributed by atoms with Crippen LogP contribution in [0.3, 0.4) is 0 Å². The Morgan fingerprint density at radius 2 is 1.93 bits per heavy atom. The highest BCUT2D eigenvalue weighted by Gasteiger charge is 2.31. The van der Waals surface area contributed by atoms with E-state index in [4.69, 9.17) is 5.73 Å². The van der Waals surface area contributed by atoms with Crippen molar-refractivity contribution in [1.29, 1.82) is 0 Å². The van der Waals surface area contributed by atoms with Crippen LogP contribution < -0.4 is 5.73 Å². The minimum atomic E-state index is -1.30. The van der Waals surface area contributed by atoms with E-state index in [0.29, 0.717) is 0 Å². The van der Waals surface area contributed by atoms with Gasteiger partial charge in [-0.3, -0.25) is 10.1 Å². The summed E-state index contributed by atoms with van der Waals surface area (Å²) < 4.78 is 8.49. The lowest BCUT2D eigenvalue weighted by molar-refractivity contribution is -0.422. The zero-order valence-corrected chi connectivity index (χ0v) is 8.18. The molecular weight excluding hydrogens is 208 g/mol. The monoisotopic (exact) mass is 218 g/mol. The van der Waals surface area contributed by atoms with Crippen molar-refractivity contribution in [3.63, 3.8) is 0 Å². The molecule has 0 bridgehead atoms. The molecule has 0 spiro atoms. The third-order valence-electron chi connectivity index (χ3n) is 1.31. The normalized spacial score (nSPS) is 11.3. The van der Waals surface area contributed by atoms with E-state index >= 15 is 0 Å². The first-order chi connectivity index (χ1) is 6.95. The molecule has 0 aromatic carbocycles. The number of methoxy groups -OCH3 is 1. The summed E-state index contributed by atoms with van der Waals surface area (Å²) in [4.78, 5) is 31.2. The third kappa shape index (κ3) is 3.25. The van der Waals surface area contributed by atoms with Crippen molar-refractivity contribution in [1.82, 2.24) is 0 Å². The molecule has 0 amide bonds. The summed E-state index contributed by atoms with van der Waals surface area (Å²) in [6.45, 7) is 1.49. The van der Waals surface area contributed by atoms with E-state index in [0.717, 1.165) is 7.11 Å². The van der Waals surface area contributed by atoms with Crippen LogP contribution in [0, 0.1) is 10.1 Å². The Hall–Kier alpha value is -2.12. The second-order valence-corrected chi connectivity index (χ2v) is 2.23. The Bertz CT molecular complexity index is 321. The van der Waals surface area contributed by atoms with E-state index in [-0.39, 0.29) is 6.61 Å². The molecule has 0 heterocycles. The fourth-order valence-corrected chi connectivity index (χ4v) is 0.685. The van der Waals surface area contributed by atoms with E-state index in [1.54, 1.807) is 0 Å². The van der Waals surface area contributed by atoms with Crippen LogP contribution in [-0.4, -0.2) is 30.6 Å². The van der Waals surface area contributed by atoms with E-state index < -0.39 is 28.3 Å². The molecule has 0 fully saturated rings. The Morgan fingerprint density at radius 3 is 2.27 bits per heavy atom. The van der Waals surface area contributed by atoms with Gasteiger partial charge in [-0.15, -0.1) is 0 Å².